The highest BCUT2D eigenvalue weighted by molar-refractivity contribution is 5.26. The average Bonchev–Trinajstić information content (AvgIpc) is 2.46. The summed E-state index contributed by atoms with van der Waals surface area (Å²) in [5, 5.41) is 9.31. The molecule has 0 heterocycles. The standard InChI is InChI=1S/C17H21NO/c1-18(13-15-7-3-2-4-8-15)12-11-16-9-5-6-10-17(16)14-19/h2-10,19H,11-14H2,1H3. The SMILES string of the molecule is CN(CCc1ccccc1CO)Cc1ccccc1. The van der Waals surface area contributed by atoms with Gasteiger partial charge in [0.1, 0.15) is 0 Å². The van der Waals surface area contributed by atoms with Gasteiger partial charge in [-0.3, -0.25) is 0 Å². The van der Waals surface area contributed by atoms with E-state index in [4.69, 9.17) is 0 Å². The van der Waals surface area contributed by atoms with Crippen molar-refractivity contribution in [3.63, 3.8) is 0 Å². The molecule has 0 atom stereocenters. The second kappa shape index (κ2) is 7.07. The molecule has 0 radical (unpaired) electrons. The molecule has 19 heavy (non-hydrogen) atoms. The van der Waals surface area contributed by atoms with Crippen molar-refractivity contribution in [2.45, 2.75) is 19.6 Å². The van der Waals surface area contributed by atoms with Crippen LogP contribution in [0.1, 0.15) is 16.7 Å². The average molecular weight is 255 g/mol. The topological polar surface area (TPSA) is 23.5 Å². The Kier molecular flexibility index (Phi) is 5.13. The van der Waals surface area contributed by atoms with Gasteiger partial charge in [-0.05, 0) is 30.2 Å². The summed E-state index contributed by atoms with van der Waals surface area (Å²) in [6, 6.07) is 18.6. The maximum absolute atomic E-state index is 9.31. The third-order valence-electron chi connectivity index (χ3n) is 3.35. The van der Waals surface area contributed by atoms with Crippen molar-refractivity contribution < 1.29 is 5.11 Å². The molecule has 0 aliphatic heterocycles. The summed E-state index contributed by atoms with van der Waals surface area (Å²) < 4.78 is 0. The first kappa shape index (κ1) is 13.8. The molecule has 0 aliphatic carbocycles. The summed E-state index contributed by atoms with van der Waals surface area (Å²) in [7, 11) is 2.13. The Morgan fingerprint density at radius 1 is 0.895 bits per heavy atom. The van der Waals surface area contributed by atoms with Gasteiger partial charge in [0.15, 0.2) is 0 Å². The molecular formula is C17H21NO. The van der Waals surface area contributed by atoms with Gasteiger partial charge >= 0.3 is 0 Å². The molecule has 0 aromatic heterocycles. The van der Waals surface area contributed by atoms with Gasteiger partial charge in [0.05, 0.1) is 6.61 Å². The third kappa shape index (κ3) is 4.19. The van der Waals surface area contributed by atoms with E-state index in [1.165, 1.54) is 11.1 Å². The first-order valence-electron chi connectivity index (χ1n) is 6.69. The van der Waals surface area contributed by atoms with Crippen molar-refractivity contribution in [1.29, 1.82) is 0 Å². The van der Waals surface area contributed by atoms with E-state index in [-0.39, 0.29) is 6.61 Å². The molecule has 0 unspecified atom stereocenters. The lowest BCUT2D eigenvalue weighted by Crippen LogP contribution is -2.21. The Hall–Kier alpha value is -1.64. The quantitative estimate of drug-likeness (QED) is 0.858. The summed E-state index contributed by atoms with van der Waals surface area (Å²) in [5.41, 5.74) is 3.61. The minimum Gasteiger partial charge on any atom is -0.392 e. The molecule has 0 saturated heterocycles. The third-order valence-corrected chi connectivity index (χ3v) is 3.35. The maximum Gasteiger partial charge on any atom is 0.0684 e. The first-order valence-corrected chi connectivity index (χ1v) is 6.69. The molecule has 2 heteroatoms. The van der Waals surface area contributed by atoms with Crippen molar-refractivity contribution in [3.05, 3.63) is 71.3 Å². The zero-order valence-corrected chi connectivity index (χ0v) is 11.4. The molecule has 0 spiro atoms. The Morgan fingerprint density at radius 3 is 2.21 bits per heavy atom. The van der Waals surface area contributed by atoms with Gasteiger partial charge in [-0.1, -0.05) is 54.6 Å². The van der Waals surface area contributed by atoms with E-state index in [1.54, 1.807) is 0 Å². The predicted octanol–water partition coefficient (Wildman–Crippen LogP) is 2.85. The highest BCUT2D eigenvalue weighted by Crippen LogP contribution is 2.10. The monoisotopic (exact) mass is 255 g/mol. The Labute approximate surface area is 115 Å². The number of nitrogens with zero attached hydrogens (tertiary/aromatic N) is 1. The van der Waals surface area contributed by atoms with E-state index < -0.39 is 0 Å². The first-order chi connectivity index (χ1) is 9.29. The molecule has 0 saturated carbocycles. The molecule has 1 N–H and O–H groups in total. The van der Waals surface area contributed by atoms with Crippen LogP contribution in [0.25, 0.3) is 0 Å². The number of benzene rings is 2. The van der Waals surface area contributed by atoms with E-state index in [1.807, 2.05) is 24.3 Å². The van der Waals surface area contributed by atoms with Gasteiger partial charge in [-0.25, -0.2) is 0 Å². The Bertz CT molecular complexity index is 496. The Balaban J connectivity index is 1.88. The number of rotatable bonds is 6. The van der Waals surface area contributed by atoms with Crippen molar-refractivity contribution in [2.24, 2.45) is 0 Å². The summed E-state index contributed by atoms with van der Waals surface area (Å²) in [5.74, 6) is 0. The second-order valence-corrected chi connectivity index (χ2v) is 4.90. The van der Waals surface area contributed by atoms with E-state index >= 15 is 0 Å². The van der Waals surface area contributed by atoms with Gasteiger partial charge in [-0.15, -0.1) is 0 Å². The molecule has 0 fully saturated rings. The molecule has 0 aliphatic rings. The van der Waals surface area contributed by atoms with Gasteiger partial charge in [0.2, 0.25) is 0 Å². The van der Waals surface area contributed by atoms with E-state index in [0.29, 0.717) is 0 Å². The van der Waals surface area contributed by atoms with Gasteiger partial charge in [0.25, 0.3) is 0 Å². The zero-order valence-electron chi connectivity index (χ0n) is 11.4. The van der Waals surface area contributed by atoms with Crippen LogP contribution < -0.4 is 0 Å². The lowest BCUT2D eigenvalue weighted by molar-refractivity contribution is 0.279. The minimum atomic E-state index is 0.124. The van der Waals surface area contributed by atoms with Crippen LogP contribution in [-0.2, 0) is 19.6 Å². The molecule has 2 rings (SSSR count). The molecule has 100 valence electrons. The fraction of sp³-hybridized carbons (Fsp3) is 0.294. The number of likely N-dealkylation sites (N-methyl/N-ethyl adjacent to an activating group) is 1. The summed E-state index contributed by atoms with van der Waals surface area (Å²) in [6.45, 7) is 2.08. The zero-order chi connectivity index (χ0) is 13.5. The van der Waals surface area contributed by atoms with Crippen LogP contribution in [0.3, 0.4) is 0 Å². The maximum atomic E-state index is 9.31. The normalized spacial score (nSPS) is 10.9. The molecule has 2 aromatic carbocycles. The Morgan fingerprint density at radius 2 is 1.53 bits per heavy atom. The van der Waals surface area contributed by atoms with E-state index in [2.05, 4.69) is 42.3 Å². The van der Waals surface area contributed by atoms with Crippen molar-refractivity contribution in [1.82, 2.24) is 4.90 Å². The highest BCUT2D eigenvalue weighted by Gasteiger charge is 2.04. The fourth-order valence-corrected chi connectivity index (χ4v) is 2.24. The number of hydrogen-bond donors (Lipinski definition) is 1. The van der Waals surface area contributed by atoms with Crippen LogP contribution in [0.4, 0.5) is 0 Å². The van der Waals surface area contributed by atoms with Crippen molar-refractivity contribution >= 4 is 0 Å². The number of hydrogen-bond acceptors (Lipinski definition) is 2. The van der Waals surface area contributed by atoms with Gasteiger partial charge < -0.3 is 10.0 Å². The smallest absolute Gasteiger partial charge is 0.0684 e. The van der Waals surface area contributed by atoms with Crippen LogP contribution in [-0.4, -0.2) is 23.6 Å². The van der Waals surface area contributed by atoms with Gasteiger partial charge in [0, 0.05) is 13.1 Å². The summed E-state index contributed by atoms with van der Waals surface area (Å²) in [6.07, 6.45) is 0.972. The molecule has 2 nitrogen and oxygen atoms in total. The molecular weight excluding hydrogens is 234 g/mol. The van der Waals surface area contributed by atoms with Crippen LogP contribution >= 0.6 is 0 Å². The molecule has 0 bridgehead atoms. The predicted molar refractivity (Wildman–Crippen MR) is 78.8 cm³/mol. The fourth-order valence-electron chi connectivity index (χ4n) is 2.24. The summed E-state index contributed by atoms with van der Waals surface area (Å²) in [4.78, 5) is 2.31. The van der Waals surface area contributed by atoms with Crippen LogP contribution in [0.15, 0.2) is 54.6 Å². The van der Waals surface area contributed by atoms with E-state index in [0.717, 1.165) is 25.1 Å². The van der Waals surface area contributed by atoms with Crippen LogP contribution in [0, 0.1) is 0 Å². The lowest BCUT2D eigenvalue weighted by atomic mass is 10.0. The number of aliphatic hydroxyl groups is 1. The minimum absolute atomic E-state index is 0.124. The highest BCUT2D eigenvalue weighted by atomic mass is 16.3. The van der Waals surface area contributed by atoms with E-state index in [9.17, 15) is 5.11 Å². The van der Waals surface area contributed by atoms with Gasteiger partial charge in [-0.2, -0.15) is 0 Å². The largest absolute Gasteiger partial charge is 0.392 e. The summed E-state index contributed by atoms with van der Waals surface area (Å²) >= 11 is 0. The number of aliphatic hydroxyl groups excluding tert-OH is 1. The molecule has 0 amide bonds. The van der Waals surface area contributed by atoms with Crippen molar-refractivity contribution in [3.8, 4) is 0 Å². The lowest BCUT2D eigenvalue weighted by Gasteiger charge is -2.17. The van der Waals surface area contributed by atoms with Crippen molar-refractivity contribution in [2.75, 3.05) is 13.6 Å². The molecule has 2 aromatic rings. The van der Waals surface area contributed by atoms with Crippen LogP contribution in [0.2, 0.25) is 0 Å². The second-order valence-electron chi connectivity index (χ2n) is 4.90. The van der Waals surface area contributed by atoms with Crippen LogP contribution in [0.5, 0.6) is 0 Å².